The zero-order chi connectivity index (χ0) is 14.5. The highest BCUT2D eigenvalue weighted by atomic mass is 16.4. The Morgan fingerprint density at radius 1 is 1.15 bits per heavy atom. The Labute approximate surface area is 120 Å². The van der Waals surface area contributed by atoms with E-state index in [1.54, 1.807) is 4.90 Å². The first-order valence-electron chi connectivity index (χ1n) is 7.61. The summed E-state index contributed by atoms with van der Waals surface area (Å²) < 4.78 is 0. The van der Waals surface area contributed by atoms with Gasteiger partial charge in [0.15, 0.2) is 0 Å². The van der Waals surface area contributed by atoms with Crippen molar-refractivity contribution in [2.75, 3.05) is 39.3 Å². The third kappa shape index (κ3) is 3.62. The van der Waals surface area contributed by atoms with Crippen LogP contribution in [0.2, 0.25) is 0 Å². The Morgan fingerprint density at radius 2 is 1.75 bits per heavy atom. The second kappa shape index (κ2) is 6.92. The average molecular weight is 283 g/mol. The molecule has 20 heavy (non-hydrogen) atoms. The van der Waals surface area contributed by atoms with Crippen LogP contribution in [0.5, 0.6) is 0 Å². The van der Waals surface area contributed by atoms with Crippen molar-refractivity contribution in [2.24, 2.45) is 0 Å². The van der Waals surface area contributed by atoms with Gasteiger partial charge in [0.05, 0.1) is 0 Å². The summed E-state index contributed by atoms with van der Waals surface area (Å²) in [6.45, 7) is 5.31. The standard InChI is InChI=1S/C14H25N3O3/c1-2-15(11-13(18)19)14(20)17-9-7-16(8-10-17)12-5-3-4-6-12/h12H,2-11H2,1H3,(H,18,19). The first-order valence-corrected chi connectivity index (χ1v) is 7.61. The molecule has 0 radical (unpaired) electrons. The third-order valence-electron chi connectivity index (χ3n) is 4.40. The number of aliphatic carboxylic acids is 1. The maximum atomic E-state index is 12.3. The number of amides is 2. The summed E-state index contributed by atoms with van der Waals surface area (Å²) in [5, 5.41) is 8.83. The summed E-state index contributed by atoms with van der Waals surface area (Å²) in [4.78, 5) is 28.7. The fraction of sp³-hybridized carbons (Fsp3) is 0.857. The summed E-state index contributed by atoms with van der Waals surface area (Å²) in [7, 11) is 0. The van der Waals surface area contributed by atoms with E-state index in [-0.39, 0.29) is 12.6 Å². The number of nitrogens with zero attached hydrogens (tertiary/aromatic N) is 3. The predicted molar refractivity (Wildman–Crippen MR) is 75.7 cm³/mol. The van der Waals surface area contributed by atoms with E-state index in [0.717, 1.165) is 13.1 Å². The molecule has 6 heteroatoms. The zero-order valence-electron chi connectivity index (χ0n) is 12.3. The van der Waals surface area contributed by atoms with Crippen LogP contribution in [-0.2, 0) is 4.79 Å². The molecule has 1 N–H and O–H groups in total. The van der Waals surface area contributed by atoms with Crippen molar-refractivity contribution in [3.8, 4) is 0 Å². The van der Waals surface area contributed by atoms with Crippen molar-refractivity contribution in [2.45, 2.75) is 38.6 Å². The Morgan fingerprint density at radius 3 is 2.25 bits per heavy atom. The summed E-state index contributed by atoms with van der Waals surface area (Å²) >= 11 is 0. The summed E-state index contributed by atoms with van der Waals surface area (Å²) in [5.41, 5.74) is 0. The molecule has 1 heterocycles. The van der Waals surface area contributed by atoms with E-state index in [9.17, 15) is 9.59 Å². The lowest BCUT2D eigenvalue weighted by Gasteiger charge is -2.39. The number of hydrogen-bond acceptors (Lipinski definition) is 3. The van der Waals surface area contributed by atoms with Crippen LogP contribution in [0.25, 0.3) is 0 Å². The molecule has 2 rings (SSSR count). The van der Waals surface area contributed by atoms with E-state index < -0.39 is 5.97 Å². The predicted octanol–water partition coefficient (Wildman–Crippen LogP) is 1.07. The summed E-state index contributed by atoms with van der Waals surface area (Å²) in [6.07, 6.45) is 5.22. The SMILES string of the molecule is CCN(CC(=O)O)C(=O)N1CCN(C2CCCC2)CC1. The van der Waals surface area contributed by atoms with Crippen molar-refractivity contribution in [3.05, 3.63) is 0 Å². The number of carbonyl (C=O) groups excluding carboxylic acids is 1. The smallest absolute Gasteiger partial charge is 0.323 e. The molecule has 1 aliphatic heterocycles. The van der Waals surface area contributed by atoms with Crippen LogP contribution >= 0.6 is 0 Å². The van der Waals surface area contributed by atoms with Crippen LogP contribution in [0.4, 0.5) is 4.79 Å². The average Bonchev–Trinajstić information content (AvgIpc) is 2.98. The van der Waals surface area contributed by atoms with E-state index in [4.69, 9.17) is 5.11 Å². The highest BCUT2D eigenvalue weighted by molar-refractivity contribution is 5.80. The molecule has 0 bridgehead atoms. The zero-order valence-corrected chi connectivity index (χ0v) is 12.3. The lowest BCUT2D eigenvalue weighted by atomic mass is 10.2. The summed E-state index contributed by atoms with van der Waals surface area (Å²) in [5.74, 6) is -0.954. The van der Waals surface area contributed by atoms with Gasteiger partial charge in [-0.2, -0.15) is 0 Å². The lowest BCUT2D eigenvalue weighted by Crippen LogP contribution is -2.55. The second-order valence-corrected chi connectivity index (χ2v) is 5.65. The Bertz CT molecular complexity index is 348. The highest BCUT2D eigenvalue weighted by Crippen LogP contribution is 2.24. The molecule has 1 saturated carbocycles. The first kappa shape index (κ1) is 15.1. The van der Waals surface area contributed by atoms with Gasteiger partial charge in [-0.1, -0.05) is 12.8 Å². The van der Waals surface area contributed by atoms with Crippen molar-refractivity contribution in [3.63, 3.8) is 0 Å². The van der Waals surface area contributed by atoms with E-state index in [1.807, 2.05) is 6.92 Å². The summed E-state index contributed by atoms with van der Waals surface area (Å²) in [6, 6.07) is 0.564. The van der Waals surface area contributed by atoms with Gasteiger partial charge in [-0.25, -0.2) is 4.79 Å². The number of hydrogen-bond donors (Lipinski definition) is 1. The van der Waals surface area contributed by atoms with E-state index in [1.165, 1.54) is 30.6 Å². The van der Waals surface area contributed by atoms with Gasteiger partial charge < -0.3 is 14.9 Å². The van der Waals surface area contributed by atoms with Crippen molar-refractivity contribution >= 4 is 12.0 Å². The molecule has 0 aromatic heterocycles. The molecule has 0 aromatic carbocycles. The molecule has 2 aliphatic rings. The van der Waals surface area contributed by atoms with Gasteiger partial charge in [0, 0.05) is 38.8 Å². The van der Waals surface area contributed by atoms with E-state index in [2.05, 4.69) is 4.90 Å². The van der Waals surface area contributed by atoms with Crippen LogP contribution in [0.3, 0.4) is 0 Å². The van der Waals surface area contributed by atoms with E-state index >= 15 is 0 Å². The molecule has 2 amide bonds. The number of carboxylic acids is 1. The molecule has 114 valence electrons. The minimum Gasteiger partial charge on any atom is -0.480 e. The molecule has 0 unspecified atom stereocenters. The van der Waals surface area contributed by atoms with Gasteiger partial charge in [0.1, 0.15) is 6.54 Å². The second-order valence-electron chi connectivity index (χ2n) is 5.65. The molecule has 2 fully saturated rings. The minimum atomic E-state index is -0.954. The number of carbonyl (C=O) groups is 2. The first-order chi connectivity index (χ1) is 9.61. The Hall–Kier alpha value is -1.30. The fourth-order valence-electron chi connectivity index (χ4n) is 3.23. The Kier molecular flexibility index (Phi) is 5.23. The van der Waals surface area contributed by atoms with Crippen molar-refractivity contribution < 1.29 is 14.7 Å². The molecular weight excluding hydrogens is 258 g/mol. The van der Waals surface area contributed by atoms with Crippen molar-refractivity contribution in [1.29, 1.82) is 0 Å². The largest absolute Gasteiger partial charge is 0.480 e. The Balaban J connectivity index is 1.82. The third-order valence-corrected chi connectivity index (χ3v) is 4.40. The monoisotopic (exact) mass is 283 g/mol. The number of rotatable bonds is 4. The molecule has 1 saturated heterocycles. The molecule has 6 nitrogen and oxygen atoms in total. The molecule has 1 aliphatic carbocycles. The number of urea groups is 1. The number of carboxylic acid groups (broad SMARTS) is 1. The van der Waals surface area contributed by atoms with Crippen LogP contribution in [0.15, 0.2) is 0 Å². The van der Waals surface area contributed by atoms with Crippen LogP contribution in [0, 0.1) is 0 Å². The quantitative estimate of drug-likeness (QED) is 0.838. The van der Waals surface area contributed by atoms with Gasteiger partial charge in [-0.3, -0.25) is 9.69 Å². The number of piperazine rings is 1. The van der Waals surface area contributed by atoms with Gasteiger partial charge >= 0.3 is 12.0 Å². The van der Waals surface area contributed by atoms with Crippen LogP contribution in [-0.4, -0.2) is 77.1 Å². The van der Waals surface area contributed by atoms with Gasteiger partial charge in [-0.15, -0.1) is 0 Å². The highest BCUT2D eigenvalue weighted by Gasteiger charge is 2.29. The lowest BCUT2D eigenvalue weighted by molar-refractivity contribution is -0.137. The van der Waals surface area contributed by atoms with Crippen LogP contribution in [0.1, 0.15) is 32.6 Å². The fourth-order valence-corrected chi connectivity index (χ4v) is 3.23. The van der Waals surface area contributed by atoms with E-state index in [0.29, 0.717) is 25.7 Å². The van der Waals surface area contributed by atoms with Crippen molar-refractivity contribution in [1.82, 2.24) is 14.7 Å². The maximum Gasteiger partial charge on any atom is 0.323 e. The van der Waals surface area contributed by atoms with Crippen LogP contribution < -0.4 is 0 Å². The molecule has 0 atom stereocenters. The molecular formula is C14H25N3O3. The molecule has 0 spiro atoms. The minimum absolute atomic E-state index is 0.138. The van der Waals surface area contributed by atoms with Gasteiger partial charge in [0.25, 0.3) is 0 Å². The number of likely N-dealkylation sites (N-methyl/N-ethyl adjacent to an activating group) is 1. The molecule has 0 aromatic rings. The normalized spacial score (nSPS) is 21.1. The van der Waals surface area contributed by atoms with Gasteiger partial charge in [-0.05, 0) is 19.8 Å². The maximum absolute atomic E-state index is 12.3. The van der Waals surface area contributed by atoms with Gasteiger partial charge in [0.2, 0.25) is 0 Å². The topological polar surface area (TPSA) is 64.1 Å².